The van der Waals surface area contributed by atoms with Crippen LogP contribution in [0.3, 0.4) is 0 Å². The third-order valence-electron chi connectivity index (χ3n) is 5.55. The maximum atomic E-state index is 12.2. The number of aliphatic imine (C=N–C) groups is 1. The van der Waals surface area contributed by atoms with Gasteiger partial charge in [-0.25, -0.2) is 12.7 Å². The molecule has 0 amide bonds. The summed E-state index contributed by atoms with van der Waals surface area (Å²) in [4.78, 5) is 7.07. The molecule has 9 heteroatoms. The molecule has 0 saturated carbocycles. The maximum absolute atomic E-state index is 12.2. The minimum Gasteiger partial charge on any atom is -0.468 e. The Balaban J connectivity index is 1.57. The lowest BCUT2D eigenvalue weighted by Crippen LogP contribution is -2.44. The number of likely N-dealkylation sites (tertiary alicyclic amines) is 1. The van der Waals surface area contributed by atoms with Gasteiger partial charge in [0.05, 0.1) is 17.2 Å². The summed E-state index contributed by atoms with van der Waals surface area (Å²) in [6, 6.07) is 11.0. The molecule has 170 valence electrons. The van der Waals surface area contributed by atoms with Gasteiger partial charge >= 0.3 is 0 Å². The molecular formula is C22H33N5O3S. The number of nitrogens with zero attached hydrogens (tertiary/aromatic N) is 3. The first-order valence-electron chi connectivity index (χ1n) is 10.7. The number of sulfonamides is 1. The van der Waals surface area contributed by atoms with E-state index in [4.69, 9.17) is 4.42 Å². The highest BCUT2D eigenvalue weighted by Crippen LogP contribution is 2.24. The van der Waals surface area contributed by atoms with Gasteiger partial charge in [-0.2, -0.15) is 0 Å². The molecule has 8 nitrogen and oxygen atoms in total. The molecule has 2 aromatic rings. The highest BCUT2D eigenvalue weighted by molar-refractivity contribution is 7.89. The molecule has 3 rings (SSSR count). The van der Waals surface area contributed by atoms with Crippen molar-refractivity contribution in [3.63, 3.8) is 0 Å². The van der Waals surface area contributed by atoms with Gasteiger partial charge in [0.15, 0.2) is 5.96 Å². The SMILES string of the molecule is CN=C(NCc1ccc(S(=O)(=O)N(C)C)cc1)NCC(c1ccco1)N1CCCCC1. The molecule has 0 aliphatic carbocycles. The van der Waals surface area contributed by atoms with Crippen molar-refractivity contribution < 1.29 is 12.8 Å². The molecular weight excluding hydrogens is 414 g/mol. The number of hydrogen-bond acceptors (Lipinski definition) is 5. The highest BCUT2D eigenvalue weighted by Gasteiger charge is 2.24. The highest BCUT2D eigenvalue weighted by atomic mass is 32.2. The Morgan fingerprint density at radius 1 is 1.13 bits per heavy atom. The molecule has 1 aliphatic heterocycles. The molecule has 1 aromatic carbocycles. The minimum atomic E-state index is -3.42. The summed E-state index contributed by atoms with van der Waals surface area (Å²) in [6.45, 7) is 3.37. The van der Waals surface area contributed by atoms with Crippen LogP contribution in [0, 0.1) is 0 Å². The van der Waals surface area contributed by atoms with Crippen LogP contribution in [0.5, 0.6) is 0 Å². The molecule has 1 saturated heterocycles. The number of piperidine rings is 1. The average Bonchev–Trinajstić information content (AvgIpc) is 3.31. The largest absolute Gasteiger partial charge is 0.468 e. The topological polar surface area (TPSA) is 90.2 Å². The van der Waals surface area contributed by atoms with Crippen LogP contribution in [0.4, 0.5) is 0 Å². The Kier molecular flexibility index (Phi) is 8.11. The summed E-state index contributed by atoms with van der Waals surface area (Å²) in [5, 5.41) is 6.71. The van der Waals surface area contributed by atoms with Gasteiger partial charge < -0.3 is 15.1 Å². The van der Waals surface area contributed by atoms with E-state index < -0.39 is 10.0 Å². The van der Waals surface area contributed by atoms with E-state index in [2.05, 4.69) is 20.5 Å². The molecule has 1 fully saturated rings. The predicted octanol–water partition coefficient (Wildman–Crippen LogP) is 2.42. The summed E-state index contributed by atoms with van der Waals surface area (Å²) >= 11 is 0. The van der Waals surface area contributed by atoms with Crippen LogP contribution in [-0.4, -0.2) is 64.4 Å². The summed E-state index contributed by atoms with van der Waals surface area (Å²) in [7, 11) is 1.38. The van der Waals surface area contributed by atoms with Crippen LogP contribution in [-0.2, 0) is 16.6 Å². The van der Waals surface area contributed by atoms with Crippen LogP contribution in [0.15, 0.2) is 57.0 Å². The van der Waals surface area contributed by atoms with E-state index in [1.165, 1.54) is 37.7 Å². The predicted molar refractivity (Wildman–Crippen MR) is 122 cm³/mol. The fraction of sp³-hybridized carbons (Fsp3) is 0.500. The van der Waals surface area contributed by atoms with E-state index >= 15 is 0 Å². The Bertz CT molecular complexity index is 934. The number of guanidine groups is 1. The lowest BCUT2D eigenvalue weighted by Gasteiger charge is -2.33. The second-order valence-corrected chi connectivity index (χ2v) is 10.0. The van der Waals surface area contributed by atoms with E-state index in [1.54, 1.807) is 25.4 Å². The van der Waals surface area contributed by atoms with Gasteiger partial charge in [0, 0.05) is 34.2 Å². The first-order valence-corrected chi connectivity index (χ1v) is 12.1. The normalized spacial score (nSPS) is 17.0. The quantitative estimate of drug-likeness (QED) is 0.477. The van der Waals surface area contributed by atoms with Gasteiger partial charge in [0.25, 0.3) is 0 Å². The van der Waals surface area contributed by atoms with Crippen molar-refractivity contribution in [2.45, 2.75) is 36.7 Å². The molecule has 1 aromatic heterocycles. The van der Waals surface area contributed by atoms with Crippen molar-refractivity contribution in [1.82, 2.24) is 19.8 Å². The van der Waals surface area contributed by atoms with Gasteiger partial charge in [-0.05, 0) is 55.8 Å². The first kappa shape index (κ1) is 23.3. The number of hydrogen-bond donors (Lipinski definition) is 2. The van der Waals surface area contributed by atoms with Crippen molar-refractivity contribution in [3.05, 3.63) is 54.0 Å². The summed E-state index contributed by atoms with van der Waals surface area (Å²) in [5.74, 6) is 1.65. The zero-order valence-corrected chi connectivity index (χ0v) is 19.4. The van der Waals surface area contributed by atoms with Crippen LogP contribution >= 0.6 is 0 Å². The van der Waals surface area contributed by atoms with Crippen LogP contribution in [0.2, 0.25) is 0 Å². The third-order valence-corrected chi connectivity index (χ3v) is 7.38. The number of rotatable bonds is 8. The molecule has 2 heterocycles. The monoisotopic (exact) mass is 447 g/mol. The van der Waals surface area contributed by atoms with Crippen molar-refractivity contribution in [1.29, 1.82) is 0 Å². The maximum Gasteiger partial charge on any atom is 0.242 e. The van der Waals surface area contributed by atoms with Gasteiger partial charge in [-0.1, -0.05) is 18.6 Å². The molecule has 1 aliphatic rings. The van der Waals surface area contributed by atoms with E-state index in [0.717, 1.165) is 24.4 Å². The second-order valence-electron chi connectivity index (χ2n) is 7.87. The molecule has 1 atom stereocenters. The lowest BCUT2D eigenvalue weighted by atomic mass is 10.1. The zero-order chi connectivity index (χ0) is 22.3. The summed E-state index contributed by atoms with van der Waals surface area (Å²) in [6.07, 6.45) is 5.43. The van der Waals surface area contributed by atoms with E-state index in [1.807, 2.05) is 24.3 Å². The summed E-state index contributed by atoms with van der Waals surface area (Å²) in [5.41, 5.74) is 0.972. The number of furan rings is 1. The van der Waals surface area contributed by atoms with Gasteiger partial charge in [-0.15, -0.1) is 0 Å². The fourth-order valence-corrected chi connectivity index (χ4v) is 4.61. The van der Waals surface area contributed by atoms with Gasteiger partial charge in [0.1, 0.15) is 5.76 Å². The molecule has 0 bridgehead atoms. The molecule has 0 spiro atoms. The molecule has 1 unspecified atom stereocenters. The van der Waals surface area contributed by atoms with E-state index in [-0.39, 0.29) is 10.9 Å². The van der Waals surface area contributed by atoms with Crippen LogP contribution in [0.1, 0.15) is 36.6 Å². The van der Waals surface area contributed by atoms with Crippen LogP contribution in [0.25, 0.3) is 0 Å². The van der Waals surface area contributed by atoms with Crippen molar-refractivity contribution >= 4 is 16.0 Å². The Labute approximate surface area is 185 Å². The second kappa shape index (κ2) is 10.8. The first-order chi connectivity index (χ1) is 14.9. The Morgan fingerprint density at radius 2 is 1.84 bits per heavy atom. The third kappa shape index (κ3) is 6.09. The average molecular weight is 448 g/mol. The van der Waals surface area contributed by atoms with Crippen LogP contribution < -0.4 is 10.6 Å². The number of nitrogens with one attached hydrogen (secondary N) is 2. The smallest absolute Gasteiger partial charge is 0.242 e. The van der Waals surface area contributed by atoms with Gasteiger partial charge in [0.2, 0.25) is 10.0 Å². The van der Waals surface area contributed by atoms with E-state index in [0.29, 0.717) is 19.0 Å². The molecule has 2 N–H and O–H groups in total. The van der Waals surface area contributed by atoms with Crippen molar-refractivity contribution in [3.8, 4) is 0 Å². The lowest BCUT2D eigenvalue weighted by molar-refractivity contribution is 0.146. The molecule has 31 heavy (non-hydrogen) atoms. The minimum absolute atomic E-state index is 0.157. The fourth-order valence-electron chi connectivity index (χ4n) is 3.71. The van der Waals surface area contributed by atoms with E-state index in [9.17, 15) is 8.42 Å². The zero-order valence-electron chi connectivity index (χ0n) is 18.5. The molecule has 0 radical (unpaired) electrons. The van der Waals surface area contributed by atoms with Crippen molar-refractivity contribution in [2.24, 2.45) is 4.99 Å². The standard InChI is InChI=1S/C22H33N5O3S/c1-23-22(24-16-18-9-11-19(12-10-18)31(28,29)26(2)3)25-17-20(21-8-7-15-30-21)27-13-5-4-6-14-27/h7-12,15,20H,4-6,13-14,16-17H2,1-3H3,(H2,23,24,25). The Hall–Kier alpha value is -2.36. The van der Waals surface area contributed by atoms with Crippen molar-refractivity contribution in [2.75, 3.05) is 40.8 Å². The Morgan fingerprint density at radius 3 is 2.42 bits per heavy atom. The summed E-state index contributed by atoms with van der Waals surface area (Å²) < 4.78 is 31.3. The number of benzene rings is 1. The van der Waals surface area contributed by atoms with Gasteiger partial charge in [-0.3, -0.25) is 9.89 Å².